The summed E-state index contributed by atoms with van der Waals surface area (Å²) in [6, 6.07) is 10.8. The molecule has 1 amide bonds. The summed E-state index contributed by atoms with van der Waals surface area (Å²) in [5, 5.41) is 2.47. The molecule has 0 atom stereocenters. The number of nitrogens with zero attached hydrogens (tertiary/aromatic N) is 3. The Balaban J connectivity index is 1.64. The molecule has 1 aromatic carbocycles. The van der Waals surface area contributed by atoms with Crippen molar-refractivity contribution in [2.45, 2.75) is 6.18 Å². The highest BCUT2D eigenvalue weighted by Gasteiger charge is 2.32. The number of carbonyl (C=O) groups excluding carboxylic acids is 1. The van der Waals surface area contributed by atoms with Crippen molar-refractivity contribution in [3.8, 4) is 11.8 Å². The molecule has 0 aliphatic heterocycles. The van der Waals surface area contributed by atoms with E-state index < -0.39 is 17.8 Å². The topological polar surface area (TPSA) is 77.0 Å². The van der Waals surface area contributed by atoms with Gasteiger partial charge >= 0.3 is 12.2 Å². The third-order valence-corrected chi connectivity index (χ3v) is 3.15. The van der Waals surface area contributed by atoms with E-state index in [4.69, 9.17) is 4.74 Å². The van der Waals surface area contributed by atoms with E-state index in [1.807, 2.05) is 6.07 Å². The first kappa shape index (κ1) is 17.3. The summed E-state index contributed by atoms with van der Waals surface area (Å²) in [5.41, 5.74) is -0.835. The van der Waals surface area contributed by atoms with Crippen molar-refractivity contribution >= 4 is 11.6 Å². The average molecular weight is 360 g/mol. The summed E-state index contributed by atoms with van der Waals surface area (Å²) in [6.07, 6.45) is -1.06. The largest absolute Gasteiger partial charge is 0.433 e. The number of hydrogen-bond acceptors (Lipinski definition) is 5. The molecule has 0 fully saturated rings. The quantitative estimate of drug-likeness (QED) is 0.763. The van der Waals surface area contributed by atoms with Crippen molar-refractivity contribution in [1.29, 1.82) is 0 Å². The molecule has 1 N–H and O–H groups in total. The van der Waals surface area contributed by atoms with Crippen LogP contribution >= 0.6 is 0 Å². The monoisotopic (exact) mass is 360 g/mol. The molecule has 26 heavy (non-hydrogen) atoms. The van der Waals surface area contributed by atoms with Gasteiger partial charge in [0.25, 0.3) is 5.91 Å². The van der Waals surface area contributed by atoms with E-state index in [1.165, 1.54) is 12.4 Å². The molecular weight excluding hydrogens is 349 g/mol. The van der Waals surface area contributed by atoms with E-state index in [1.54, 1.807) is 24.3 Å². The molecule has 0 spiro atoms. The third-order valence-electron chi connectivity index (χ3n) is 3.15. The number of pyridine rings is 1. The van der Waals surface area contributed by atoms with Crippen LogP contribution < -0.4 is 10.1 Å². The third kappa shape index (κ3) is 4.32. The summed E-state index contributed by atoms with van der Waals surface area (Å²) in [5.74, 6) is -0.0772. The fraction of sp³-hybridized carbons (Fsp3) is 0.0588. The van der Waals surface area contributed by atoms with Crippen LogP contribution in [-0.2, 0) is 6.18 Å². The number of ether oxygens (including phenoxy) is 1. The second kappa shape index (κ2) is 7.18. The minimum atomic E-state index is -4.56. The summed E-state index contributed by atoms with van der Waals surface area (Å²) in [6.45, 7) is 0. The van der Waals surface area contributed by atoms with Gasteiger partial charge in [0.15, 0.2) is 0 Å². The van der Waals surface area contributed by atoms with Crippen LogP contribution in [0.4, 0.5) is 18.9 Å². The van der Waals surface area contributed by atoms with Crippen molar-refractivity contribution in [3.05, 3.63) is 72.3 Å². The van der Waals surface area contributed by atoms with Crippen LogP contribution in [0, 0.1) is 0 Å². The Bertz CT molecular complexity index is 883. The first-order chi connectivity index (χ1) is 12.4. The van der Waals surface area contributed by atoms with Crippen LogP contribution in [0.3, 0.4) is 0 Å². The molecule has 3 aromatic rings. The number of amides is 1. The molecule has 0 saturated carbocycles. The lowest BCUT2D eigenvalue weighted by molar-refractivity contribution is -0.141. The Hall–Kier alpha value is -3.49. The molecule has 0 bridgehead atoms. The fourth-order valence-corrected chi connectivity index (χ4v) is 1.93. The molecule has 0 aliphatic carbocycles. The van der Waals surface area contributed by atoms with Crippen molar-refractivity contribution in [2.75, 3.05) is 5.32 Å². The Morgan fingerprint density at radius 2 is 1.62 bits per heavy atom. The number of rotatable bonds is 4. The molecule has 0 aliphatic rings. The smallest absolute Gasteiger partial charge is 0.424 e. The Kier molecular flexibility index (Phi) is 4.78. The van der Waals surface area contributed by atoms with Crippen LogP contribution in [-0.4, -0.2) is 20.9 Å². The van der Waals surface area contributed by atoms with Crippen molar-refractivity contribution in [2.24, 2.45) is 0 Å². The lowest BCUT2D eigenvalue weighted by atomic mass is 10.2. The normalized spacial score (nSPS) is 11.0. The molecule has 0 unspecified atom stereocenters. The summed E-state index contributed by atoms with van der Waals surface area (Å²) < 4.78 is 42.8. The number of benzene rings is 1. The predicted molar refractivity (Wildman–Crippen MR) is 85.7 cm³/mol. The molecule has 2 heterocycles. The molecule has 132 valence electrons. The SMILES string of the molecule is O=C(Nc1cnc(Oc2ccccc2)nc1)c1ccc(C(F)(F)F)nc1. The van der Waals surface area contributed by atoms with Crippen LogP contribution in [0.1, 0.15) is 16.1 Å². The number of nitrogens with one attached hydrogen (secondary N) is 1. The molecule has 3 rings (SSSR count). The first-order valence-corrected chi connectivity index (χ1v) is 7.31. The zero-order chi connectivity index (χ0) is 18.6. The Morgan fingerprint density at radius 3 is 2.19 bits per heavy atom. The van der Waals surface area contributed by atoms with E-state index in [-0.39, 0.29) is 17.3 Å². The summed E-state index contributed by atoms with van der Waals surface area (Å²) in [7, 11) is 0. The lowest BCUT2D eigenvalue weighted by Crippen LogP contribution is -2.14. The van der Waals surface area contributed by atoms with Gasteiger partial charge in [0.2, 0.25) is 0 Å². The second-order valence-electron chi connectivity index (χ2n) is 5.05. The zero-order valence-corrected chi connectivity index (χ0v) is 13.1. The maximum atomic E-state index is 12.5. The number of para-hydroxylation sites is 1. The number of carbonyl (C=O) groups is 1. The van der Waals surface area contributed by atoms with Crippen molar-refractivity contribution in [1.82, 2.24) is 15.0 Å². The van der Waals surface area contributed by atoms with E-state index in [0.717, 1.165) is 18.3 Å². The van der Waals surface area contributed by atoms with Gasteiger partial charge in [-0.25, -0.2) is 9.97 Å². The van der Waals surface area contributed by atoms with Gasteiger partial charge in [0.1, 0.15) is 11.4 Å². The predicted octanol–water partition coefficient (Wildman–Crippen LogP) is 3.94. The maximum Gasteiger partial charge on any atom is 0.433 e. The first-order valence-electron chi connectivity index (χ1n) is 7.31. The highest BCUT2D eigenvalue weighted by atomic mass is 19.4. The van der Waals surface area contributed by atoms with E-state index in [0.29, 0.717) is 5.75 Å². The van der Waals surface area contributed by atoms with Crippen molar-refractivity contribution in [3.63, 3.8) is 0 Å². The molecular formula is C17H11F3N4O2. The van der Waals surface area contributed by atoms with Gasteiger partial charge in [-0.15, -0.1) is 0 Å². The van der Waals surface area contributed by atoms with Crippen LogP contribution in [0.2, 0.25) is 0 Å². The van der Waals surface area contributed by atoms with E-state index in [9.17, 15) is 18.0 Å². The van der Waals surface area contributed by atoms with Crippen LogP contribution in [0.25, 0.3) is 0 Å². The fourth-order valence-electron chi connectivity index (χ4n) is 1.93. The lowest BCUT2D eigenvalue weighted by Gasteiger charge is -2.08. The number of halogens is 3. The van der Waals surface area contributed by atoms with Crippen molar-refractivity contribution < 1.29 is 22.7 Å². The highest BCUT2D eigenvalue weighted by molar-refractivity contribution is 6.03. The Labute approximate surface area is 145 Å². The standard InChI is InChI=1S/C17H11F3N4O2/c18-17(19,20)14-7-6-11(8-21-14)15(25)24-12-9-22-16(23-10-12)26-13-4-2-1-3-5-13/h1-10H,(H,24,25). The average Bonchev–Trinajstić information content (AvgIpc) is 2.63. The highest BCUT2D eigenvalue weighted by Crippen LogP contribution is 2.27. The Morgan fingerprint density at radius 1 is 0.923 bits per heavy atom. The van der Waals surface area contributed by atoms with E-state index >= 15 is 0 Å². The number of hydrogen-bond donors (Lipinski definition) is 1. The molecule has 0 saturated heterocycles. The van der Waals surface area contributed by atoms with E-state index in [2.05, 4.69) is 20.3 Å². The van der Waals surface area contributed by atoms with Gasteiger partial charge in [0, 0.05) is 6.20 Å². The van der Waals surface area contributed by atoms with Crippen LogP contribution in [0.5, 0.6) is 11.8 Å². The number of alkyl halides is 3. The maximum absolute atomic E-state index is 12.5. The molecule has 9 heteroatoms. The van der Waals surface area contributed by atoms with Crippen LogP contribution in [0.15, 0.2) is 61.1 Å². The minimum absolute atomic E-state index is 0.0254. The van der Waals surface area contributed by atoms with Gasteiger partial charge in [-0.1, -0.05) is 18.2 Å². The number of aromatic nitrogens is 3. The molecule has 0 radical (unpaired) electrons. The van der Waals surface area contributed by atoms with Gasteiger partial charge in [-0.3, -0.25) is 9.78 Å². The van der Waals surface area contributed by atoms with Gasteiger partial charge in [0.05, 0.1) is 23.6 Å². The number of anilines is 1. The zero-order valence-electron chi connectivity index (χ0n) is 13.1. The second-order valence-corrected chi connectivity index (χ2v) is 5.05. The summed E-state index contributed by atoms with van der Waals surface area (Å²) >= 11 is 0. The summed E-state index contributed by atoms with van der Waals surface area (Å²) in [4.78, 5) is 23.2. The van der Waals surface area contributed by atoms with Gasteiger partial charge < -0.3 is 10.1 Å². The molecule has 2 aromatic heterocycles. The van der Waals surface area contributed by atoms with Gasteiger partial charge in [-0.2, -0.15) is 13.2 Å². The minimum Gasteiger partial charge on any atom is -0.424 e. The molecule has 6 nitrogen and oxygen atoms in total. The van der Waals surface area contributed by atoms with Gasteiger partial charge in [-0.05, 0) is 24.3 Å².